The third kappa shape index (κ3) is 17.6. The zero-order chi connectivity index (χ0) is 15.8. The largest absolute Gasteiger partial charge is 0.481 e. The molecule has 0 aromatic heterocycles. The Morgan fingerprint density at radius 1 is 1.00 bits per heavy atom. The molecule has 21 heavy (non-hydrogen) atoms. The van der Waals surface area contributed by atoms with Crippen LogP contribution >= 0.6 is 15.9 Å². The summed E-state index contributed by atoms with van der Waals surface area (Å²) in [5, 5.41) is 8.55. The Morgan fingerprint density at radius 3 is 2.38 bits per heavy atom. The molecule has 0 amide bonds. The van der Waals surface area contributed by atoms with E-state index in [1.165, 1.54) is 44.9 Å². The summed E-state index contributed by atoms with van der Waals surface area (Å²) in [6, 6.07) is 0. The Balaban J connectivity index is 3.29. The van der Waals surface area contributed by atoms with Crippen LogP contribution in [0.2, 0.25) is 0 Å². The molecule has 0 saturated heterocycles. The number of carboxylic acids is 1. The molecule has 0 saturated carbocycles. The smallest absolute Gasteiger partial charge is 0.303 e. The van der Waals surface area contributed by atoms with Crippen molar-refractivity contribution < 1.29 is 9.90 Å². The molecule has 0 radical (unpaired) electrons. The fourth-order valence-corrected chi connectivity index (χ4v) is 2.88. The second-order valence-electron chi connectivity index (χ2n) is 5.85. The van der Waals surface area contributed by atoms with Gasteiger partial charge in [0.25, 0.3) is 0 Å². The summed E-state index contributed by atoms with van der Waals surface area (Å²) in [6.07, 6.45) is 19.5. The van der Waals surface area contributed by atoms with E-state index in [-0.39, 0.29) is 0 Å². The second-order valence-corrected chi connectivity index (χ2v) is 7.15. The molecule has 0 aromatic rings. The maximum absolute atomic E-state index is 10.4. The molecule has 2 nitrogen and oxygen atoms in total. The van der Waals surface area contributed by atoms with Gasteiger partial charge in [-0.05, 0) is 32.1 Å². The third-order valence-electron chi connectivity index (χ3n) is 3.69. The van der Waals surface area contributed by atoms with Gasteiger partial charge in [0.1, 0.15) is 0 Å². The normalized spacial score (nSPS) is 12.9. The van der Waals surface area contributed by atoms with E-state index in [2.05, 4.69) is 35.0 Å². The zero-order valence-electron chi connectivity index (χ0n) is 13.7. The quantitative estimate of drug-likeness (QED) is 0.206. The molecular weight excluding hydrogens is 328 g/mol. The maximum Gasteiger partial charge on any atom is 0.303 e. The molecular formula is C18H33BrO2. The minimum absolute atomic E-state index is 0.311. The predicted molar refractivity (Wildman–Crippen MR) is 95.2 cm³/mol. The number of hydrogen-bond acceptors (Lipinski definition) is 1. The van der Waals surface area contributed by atoms with Crippen molar-refractivity contribution in [1.82, 2.24) is 0 Å². The number of aliphatic carboxylic acids is 1. The lowest BCUT2D eigenvalue weighted by atomic mass is 10.1. The molecule has 1 unspecified atom stereocenters. The van der Waals surface area contributed by atoms with Crippen LogP contribution in [0.25, 0.3) is 0 Å². The van der Waals surface area contributed by atoms with Gasteiger partial charge in [-0.25, -0.2) is 0 Å². The summed E-state index contributed by atoms with van der Waals surface area (Å²) >= 11 is 3.70. The first-order valence-corrected chi connectivity index (χ1v) is 9.59. The molecule has 0 aliphatic heterocycles. The summed E-state index contributed by atoms with van der Waals surface area (Å²) in [5.41, 5.74) is 0. The van der Waals surface area contributed by atoms with E-state index in [9.17, 15) is 4.79 Å². The van der Waals surface area contributed by atoms with Crippen LogP contribution in [0.1, 0.15) is 90.4 Å². The van der Waals surface area contributed by atoms with Gasteiger partial charge in [-0.15, -0.1) is 0 Å². The van der Waals surface area contributed by atoms with Crippen LogP contribution in [0.15, 0.2) is 12.2 Å². The van der Waals surface area contributed by atoms with Gasteiger partial charge in [-0.2, -0.15) is 0 Å². The molecule has 0 aliphatic rings. The van der Waals surface area contributed by atoms with Crippen LogP contribution < -0.4 is 0 Å². The van der Waals surface area contributed by atoms with Crippen molar-refractivity contribution >= 4 is 21.9 Å². The molecule has 0 bridgehead atoms. The van der Waals surface area contributed by atoms with E-state index in [1.807, 2.05) is 0 Å². The van der Waals surface area contributed by atoms with Crippen LogP contribution in [-0.2, 0) is 4.79 Å². The monoisotopic (exact) mass is 360 g/mol. The molecule has 0 aromatic carbocycles. The van der Waals surface area contributed by atoms with Gasteiger partial charge in [0.2, 0.25) is 0 Å². The van der Waals surface area contributed by atoms with Gasteiger partial charge in [0.15, 0.2) is 0 Å². The van der Waals surface area contributed by atoms with E-state index < -0.39 is 5.97 Å². The molecule has 1 atom stereocenters. The first kappa shape index (κ1) is 20.7. The van der Waals surface area contributed by atoms with E-state index >= 15 is 0 Å². The standard InChI is InChI=1S/C18H33BrO2/c1-2-3-4-5-6-7-8-9-11-14-17(19)15-12-10-13-16-18(20)21/h9,11,17H,2-8,10,12-16H2,1H3,(H,20,21)/b11-9-. The lowest BCUT2D eigenvalue weighted by Gasteiger charge is -2.06. The first-order valence-electron chi connectivity index (χ1n) is 8.67. The SMILES string of the molecule is CCCCCCCC/C=C\CC(Br)CCCCCC(=O)O. The van der Waals surface area contributed by atoms with Crippen molar-refractivity contribution in [3.8, 4) is 0 Å². The van der Waals surface area contributed by atoms with Crippen molar-refractivity contribution in [3.63, 3.8) is 0 Å². The van der Waals surface area contributed by atoms with Gasteiger partial charge >= 0.3 is 5.97 Å². The Bertz CT molecular complexity index is 264. The van der Waals surface area contributed by atoms with Gasteiger partial charge in [-0.1, -0.05) is 80.0 Å². The molecule has 0 spiro atoms. The first-order chi connectivity index (χ1) is 10.2. The number of hydrogen-bond donors (Lipinski definition) is 1. The highest BCUT2D eigenvalue weighted by molar-refractivity contribution is 9.09. The summed E-state index contributed by atoms with van der Waals surface area (Å²) in [5.74, 6) is -0.678. The van der Waals surface area contributed by atoms with Gasteiger partial charge in [-0.3, -0.25) is 4.79 Å². The zero-order valence-corrected chi connectivity index (χ0v) is 15.2. The molecule has 0 fully saturated rings. The average molecular weight is 361 g/mol. The van der Waals surface area contributed by atoms with Gasteiger partial charge in [0.05, 0.1) is 0 Å². The summed E-state index contributed by atoms with van der Waals surface area (Å²) in [4.78, 5) is 10.9. The number of unbranched alkanes of at least 4 members (excludes halogenated alkanes) is 8. The Morgan fingerprint density at radius 2 is 1.67 bits per heavy atom. The maximum atomic E-state index is 10.4. The van der Waals surface area contributed by atoms with Crippen LogP contribution in [0.5, 0.6) is 0 Å². The van der Waals surface area contributed by atoms with Crippen molar-refractivity contribution in [2.24, 2.45) is 0 Å². The second kappa shape index (κ2) is 16.1. The Hall–Kier alpha value is -0.310. The predicted octanol–water partition coefficient (Wildman–Crippen LogP) is 6.48. The van der Waals surface area contributed by atoms with E-state index in [0.29, 0.717) is 11.2 Å². The van der Waals surface area contributed by atoms with Crippen molar-refractivity contribution in [2.75, 3.05) is 0 Å². The molecule has 0 heterocycles. The highest BCUT2D eigenvalue weighted by Gasteiger charge is 2.02. The fourth-order valence-electron chi connectivity index (χ4n) is 2.34. The van der Waals surface area contributed by atoms with Crippen molar-refractivity contribution in [2.45, 2.75) is 95.2 Å². The Labute approximate surface area is 139 Å². The fraction of sp³-hybridized carbons (Fsp3) is 0.833. The van der Waals surface area contributed by atoms with Crippen molar-refractivity contribution in [1.29, 1.82) is 0 Å². The topological polar surface area (TPSA) is 37.3 Å². The van der Waals surface area contributed by atoms with Crippen molar-refractivity contribution in [3.05, 3.63) is 12.2 Å². The number of carboxylic acid groups (broad SMARTS) is 1. The van der Waals surface area contributed by atoms with E-state index in [4.69, 9.17) is 5.11 Å². The van der Waals surface area contributed by atoms with Crippen LogP contribution in [0.4, 0.5) is 0 Å². The van der Waals surface area contributed by atoms with Crippen LogP contribution in [0.3, 0.4) is 0 Å². The lowest BCUT2D eigenvalue weighted by Crippen LogP contribution is -1.97. The highest BCUT2D eigenvalue weighted by atomic mass is 79.9. The minimum Gasteiger partial charge on any atom is -0.481 e. The molecule has 1 N–H and O–H groups in total. The average Bonchev–Trinajstić information content (AvgIpc) is 2.45. The van der Waals surface area contributed by atoms with Gasteiger partial charge < -0.3 is 5.11 Å². The third-order valence-corrected chi connectivity index (χ3v) is 4.52. The number of carbonyl (C=O) groups is 1. The molecule has 3 heteroatoms. The summed E-state index contributed by atoms with van der Waals surface area (Å²) in [7, 11) is 0. The number of allylic oxidation sites excluding steroid dienone is 2. The minimum atomic E-state index is -0.678. The van der Waals surface area contributed by atoms with Gasteiger partial charge in [0, 0.05) is 11.2 Å². The molecule has 0 aliphatic carbocycles. The number of rotatable bonds is 15. The number of alkyl halides is 1. The summed E-state index contributed by atoms with van der Waals surface area (Å²) in [6.45, 7) is 2.26. The van der Waals surface area contributed by atoms with Crippen LogP contribution in [-0.4, -0.2) is 15.9 Å². The van der Waals surface area contributed by atoms with Crippen LogP contribution in [0, 0.1) is 0 Å². The highest BCUT2D eigenvalue weighted by Crippen LogP contribution is 2.16. The summed E-state index contributed by atoms with van der Waals surface area (Å²) < 4.78 is 0. The van der Waals surface area contributed by atoms with E-state index in [0.717, 1.165) is 32.1 Å². The molecule has 0 rings (SSSR count). The van der Waals surface area contributed by atoms with E-state index in [1.54, 1.807) is 0 Å². The number of halogens is 1. The Kier molecular flexibility index (Phi) is 15.8. The molecule has 124 valence electrons. The lowest BCUT2D eigenvalue weighted by molar-refractivity contribution is -0.137.